The molecule has 1 aliphatic rings. The Morgan fingerprint density at radius 1 is 1.08 bits per heavy atom. The van der Waals surface area contributed by atoms with Gasteiger partial charge in [-0.3, -0.25) is 0 Å². The fourth-order valence-electron chi connectivity index (χ4n) is 3.46. The number of likely N-dealkylation sites (tertiary alicyclic amines) is 1. The van der Waals surface area contributed by atoms with Crippen LogP contribution in [-0.2, 0) is 6.42 Å². The van der Waals surface area contributed by atoms with Gasteiger partial charge in [-0.1, -0.05) is 42.5 Å². The van der Waals surface area contributed by atoms with Crippen molar-refractivity contribution >= 4 is 17.1 Å². The molecule has 0 spiro atoms. The van der Waals surface area contributed by atoms with Crippen molar-refractivity contribution in [2.75, 3.05) is 19.6 Å². The standard InChI is InChI=1S/C21H23N3O2/c25-21(22-13-10-16-6-2-1-3-7-16)24-14-11-17(12-15-24)20-23-18-8-4-5-9-19(18)26-20/h1-9,17H,10-15H2,(H,22,25). The van der Waals surface area contributed by atoms with E-state index in [2.05, 4.69) is 22.4 Å². The largest absolute Gasteiger partial charge is 0.440 e. The lowest BCUT2D eigenvalue weighted by atomic mass is 9.97. The predicted molar refractivity (Wildman–Crippen MR) is 101 cm³/mol. The second-order valence-corrected chi connectivity index (χ2v) is 6.75. The molecule has 134 valence electrons. The molecule has 1 fully saturated rings. The van der Waals surface area contributed by atoms with E-state index in [-0.39, 0.29) is 11.9 Å². The van der Waals surface area contributed by atoms with E-state index in [0.717, 1.165) is 49.3 Å². The van der Waals surface area contributed by atoms with Crippen molar-refractivity contribution < 1.29 is 9.21 Å². The number of carbonyl (C=O) groups is 1. The molecule has 26 heavy (non-hydrogen) atoms. The highest BCUT2D eigenvalue weighted by atomic mass is 16.3. The fraction of sp³-hybridized carbons (Fsp3) is 0.333. The van der Waals surface area contributed by atoms with E-state index in [1.807, 2.05) is 47.4 Å². The minimum atomic E-state index is 0.0250. The summed E-state index contributed by atoms with van der Waals surface area (Å²) in [7, 11) is 0. The number of hydrogen-bond acceptors (Lipinski definition) is 3. The molecular weight excluding hydrogens is 326 g/mol. The van der Waals surface area contributed by atoms with Crippen molar-refractivity contribution in [3.8, 4) is 0 Å². The molecule has 5 nitrogen and oxygen atoms in total. The maximum absolute atomic E-state index is 12.3. The molecule has 1 saturated heterocycles. The molecule has 1 aliphatic heterocycles. The highest BCUT2D eigenvalue weighted by Gasteiger charge is 2.26. The summed E-state index contributed by atoms with van der Waals surface area (Å²) >= 11 is 0. The monoisotopic (exact) mass is 349 g/mol. The first-order valence-corrected chi connectivity index (χ1v) is 9.22. The quantitative estimate of drug-likeness (QED) is 0.776. The van der Waals surface area contributed by atoms with Gasteiger partial charge >= 0.3 is 6.03 Å². The maximum atomic E-state index is 12.3. The Morgan fingerprint density at radius 2 is 1.81 bits per heavy atom. The van der Waals surface area contributed by atoms with E-state index >= 15 is 0 Å². The number of carbonyl (C=O) groups excluding carboxylic acids is 1. The SMILES string of the molecule is O=C(NCCc1ccccc1)N1CCC(c2nc3ccccc3o2)CC1. The summed E-state index contributed by atoms with van der Waals surface area (Å²) in [6.45, 7) is 2.13. The Hall–Kier alpha value is -2.82. The summed E-state index contributed by atoms with van der Waals surface area (Å²) in [5.74, 6) is 1.09. The molecular formula is C21H23N3O2. The van der Waals surface area contributed by atoms with E-state index < -0.39 is 0 Å². The minimum Gasteiger partial charge on any atom is -0.440 e. The van der Waals surface area contributed by atoms with Gasteiger partial charge in [-0.05, 0) is 37.0 Å². The van der Waals surface area contributed by atoms with Gasteiger partial charge in [-0.25, -0.2) is 9.78 Å². The Bertz CT molecular complexity index is 834. The lowest BCUT2D eigenvalue weighted by Crippen LogP contribution is -2.44. The minimum absolute atomic E-state index is 0.0250. The molecule has 0 saturated carbocycles. The van der Waals surface area contributed by atoms with Crippen LogP contribution in [-0.4, -0.2) is 35.5 Å². The van der Waals surface area contributed by atoms with E-state index in [9.17, 15) is 4.79 Å². The van der Waals surface area contributed by atoms with Crippen LogP contribution in [0.1, 0.15) is 30.2 Å². The maximum Gasteiger partial charge on any atom is 0.317 e. The van der Waals surface area contributed by atoms with Gasteiger partial charge in [0.15, 0.2) is 11.5 Å². The Morgan fingerprint density at radius 3 is 2.58 bits per heavy atom. The zero-order valence-electron chi connectivity index (χ0n) is 14.7. The Balaban J connectivity index is 1.27. The number of aromatic nitrogens is 1. The highest BCUT2D eigenvalue weighted by Crippen LogP contribution is 2.29. The van der Waals surface area contributed by atoms with E-state index in [1.54, 1.807) is 0 Å². The van der Waals surface area contributed by atoms with Gasteiger partial charge in [-0.2, -0.15) is 0 Å². The molecule has 0 bridgehead atoms. The van der Waals surface area contributed by atoms with Crippen molar-refractivity contribution in [1.82, 2.24) is 15.2 Å². The number of urea groups is 1. The fourth-order valence-corrected chi connectivity index (χ4v) is 3.46. The summed E-state index contributed by atoms with van der Waals surface area (Å²) in [5.41, 5.74) is 2.98. The molecule has 0 atom stereocenters. The third kappa shape index (κ3) is 3.72. The topological polar surface area (TPSA) is 58.4 Å². The first-order chi connectivity index (χ1) is 12.8. The molecule has 1 N–H and O–H groups in total. The van der Waals surface area contributed by atoms with Crippen molar-refractivity contribution in [1.29, 1.82) is 0 Å². The van der Waals surface area contributed by atoms with Crippen LogP contribution < -0.4 is 5.32 Å². The van der Waals surface area contributed by atoms with Gasteiger partial charge in [0.05, 0.1) is 0 Å². The molecule has 2 heterocycles. The number of nitrogens with one attached hydrogen (secondary N) is 1. The number of oxazole rings is 1. The zero-order valence-corrected chi connectivity index (χ0v) is 14.7. The predicted octanol–water partition coefficient (Wildman–Crippen LogP) is 3.96. The second-order valence-electron chi connectivity index (χ2n) is 6.75. The second kappa shape index (κ2) is 7.60. The number of para-hydroxylation sites is 2. The molecule has 2 amide bonds. The summed E-state index contributed by atoms with van der Waals surface area (Å²) in [5, 5.41) is 3.02. The number of amides is 2. The molecule has 3 aromatic rings. The van der Waals surface area contributed by atoms with Gasteiger partial charge in [0.2, 0.25) is 0 Å². The van der Waals surface area contributed by atoms with Gasteiger partial charge in [-0.15, -0.1) is 0 Å². The average molecular weight is 349 g/mol. The Labute approximate surface area is 153 Å². The number of piperidine rings is 1. The number of fused-ring (bicyclic) bond motifs is 1. The van der Waals surface area contributed by atoms with Gasteiger partial charge in [0.1, 0.15) is 5.52 Å². The van der Waals surface area contributed by atoms with E-state index in [4.69, 9.17) is 4.42 Å². The van der Waals surface area contributed by atoms with E-state index in [1.165, 1.54) is 5.56 Å². The molecule has 0 unspecified atom stereocenters. The summed E-state index contributed by atoms with van der Waals surface area (Å²) in [6.07, 6.45) is 2.63. The smallest absolute Gasteiger partial charge is 0.317 e. The van der Waals surface area contributed by atoms with Crippen LogP contribution in [0.25, 0.3) is 11.1 Å². The third-order valence-electron chi connectivity index (χ3n) is 4.97. The molecule has 1 aromatic heterocycles. The Kier molecular flexibility index (Phi) is 4.86. The van der Waals surface area contributed by atoms with E-state index in [0.29, 0.717) is 6.54 Å². The molecule has 2 aromatic carbocycles. The molecule has 5 heteroatoms. The first kappa shape index (κ1) is 16.6. The lowest BCUT2D eigenvalue weighted by Gasteiger charge is -2.30. The summed E-state index contributed by atoms with van der Waals surface area (Å²) < 4.78 is 5.89. The number of hydrogen-bond donors (Lipinski definition) is 1. The molecule has 0 aliphatic carbocycles. The average Bonchev–Trinajstić information content (AvgIpc) is 3.13. The van der Waals surface area contributed by atoms with Gasteiger partial charge < -0.3 is 14.6 Å². The number of benzene rings is 2. The summed E-state index contributed by atoms with van der Waals surface area (Å²) in [4.78, 5) is 18.8. The van der Waals surface area contributed by atoms with Crippen LogP contribution in [0.4, 0.5) is 4.79 Å². The third-order valence-corrected chi connectivity index (χ3v) is 4.97. The van der Waals surface area contributed by atoms with Crippen molar-refractivity contribution in [3.63, 3.8) is 0 Å². The van der Waals surface area contributed by atoms with Gasteiger partial charge in [0.25, 0.3) is 0 Å². The van der Waals surface area contributed by atoms with Crippen molar-refractivity contribution in [2.45, 2.75) is 25.2 Å². The van der Waals surface area contributed by atoms with Crippen LogP contribution in [0, 0.1) is 0 Å². The van der Waals surface area contributed by atoms with Crippen LogP contribution >= 0.6 is 0 Å². The van der Waals surface area contributed by atoms with Gasteiger partial charge in [0, 0.05) is 25.6 Å². The number of rotatable bonds is 4. The van der Waals surface area contributed by atoms with Crippen molar-refractivity contribution in [3.05, 3.63) is 66.1 Å². The molecule has 4 rings (SSSR count). The molecule has 0 radical (unpaired) electrons. The lowest BCUT2D eigenvalue weighted by molar-refractivity contribution is 0.178. The summed E-state index contributed by atoms with van der Waals surface area (Å²) in [6, 6.07) is 18.1. The zero-order chi connectivity index (χ0) is 17.8. The van der Waals surface area contributed by atoms with Crippen LogP contribution in [0.3, 0.4) is 0 Å². The normalized spacial score (nSPS) is 15.3. The van der Waals surface area contributed by atoms with Crippen molar-refractivity contribution in [2.24, 2.45) is 0 Å². The van der Waals surface area contributed by atoms with Crippen LogP contribution in [0.5, 0.6) is 0 Å². The van der Waals surface area contributed by atoms with Crippen LogP contribution in [0.15, 0.2) is 59.0 Å². The van der Waals surface area contributed by atoms with Crippen LogP contribution in [0.2, 0.25) is 0 Å². The first-order valence-electron chi connectivity index (χ1n) is 9.22. The number of nitrogens with zero attached hydrogens (tertiary/aromatic N) is 2. The highest BCUT2D eigenvalue weighted by molar-refractivity contribution is 5.74.